The molecule has 0 amide bonds. The third-order valence-corrected chi connectivity index (χ3v) is 9.22. The molecule has 0 saturated carbocycles. The van der Waals surface area contributed by atoms with Crippen molar-refractivity contribution in [3.63, 3.8) is 0 Å². The van der Waals surface area contributed by atoms with Gasteiger partial charge in [-0.2, -0.15) is 0 Å². The lowest BCUT2D eigenvalue weighted by Crippen LogP contribution is -2.26. The lowest BCUT2D eigenvalue weighted by Gasteiger charge is -2.36. The molecule has 0 saturated heterocycles. The molecule has 0 bridgehead atoms. The Kier molecular flexibility index (Phi) is 3.87. The molecule has 1 nitrogen and oxygen atoms in total. The highest BCUT2D eigenvalue weighted by molar-refractivity contribution is 6.26. The zero-order chi connectivity index (χ0) is 25.1. The first-order valence-electron chi connectivity index (χ1n) is 13.3. The number of rotatable bonds is 0. The van der Waals surface area contributed by atoms with Gasteiger partial charge in [-0.15, -0.1) is 0 Å². The second-order valence-corrected chi connectivity index (χ2v) is 11.9. The Morgan fingerprint density at radius 1 is 0.405 bits per heavy atom. The molecule has 1 N–H and O–H groups in total. The summed E-state index contributed by atoms with van der Waals surface area (Å²) in [4.78, 5) is 0. The maximum absolute atomic E-state index is 3.77. The summed E-state index contributed by atoms with van der Waals surface area (Å²) in [5, 5.41) is 11.8. The van der Waals surface area contributed by atoms with Crippen molar-refractivity contribution in [3.05, 3.63) is 119 Å². The summed E-state index contributed by atoms with van der Waals surface area (Å²) in [5.41, 5.74) is 10.6. The van der Waals surface area contributed by atoms with Gasteiger partial charge >= 0.3 is 0 Å². The Labute approximate surface area is 217 Å². The third-order valence-electron chi connectivity index (χ3n) is 9.22. The fraction of sp³-hybridized carbons (Fsp3) is 0.167. The number of anilines is 2. The lowest BCUT2D eigenvalue weighted by atomic mass is 9.72. The molecule has 0 aromatic heterocycles. The first kappa shape index (κ1) is 21.0. The molecule has 1 heteroatoms. The smallest absolute Gasteiger partial charge is 0.0429 e. The van der Waals surface area contributed by atoms with E-state index in [9.17, 15) is 0 Å². The van der Waals surface area contributed by atoms with Crippen LogP contribution in [0.15, 0.2) is 97.1 Å². The van der Waals surface area contributed by atoms with Gasteiger partial charge in [-0.25, -0.2) is 0 Å². The quantitative estimate of drug-likeness (QED) is 0.216. The van der Waals surface area contributed by atoms with Crippen molar-refractivity contribution in [3.8, 4) is 11.1 Å². The SMILES string of the molecule is CC1(C)c2ccccc2Nc2cc3c(cc21)-c1cc2c4ccccc4c4ccccc4c2cc1C3(C)C. The van der Waals surface area contributed by atoms with E-state index < -0.39 is 0 Å². The fourth-order valence-corrected chi connectivity index (χ4v) is 7.22. The highest BCUT2D eigenvalue weighted by atomic mass is 14.9. The van der Waals surface area contributed by atoms with Crippen LogP contribution in [0.4, 0.5) is 11.4 Å². The van der Waals surface area contributed by atoms with Crippen molar-refractivity contribution in [1.82, 2.24) is 0 Å². The number of nitrogens with one attached hydrogen (secondary N) is 1. The van der Waals surface area contributed by atoms with E-state index in [1.165, 1.54) is 77.1 Å². The van der Waals surface area contributed by atoms with E-state index in [1.807, 2.05) is 0 Å². The van der Waals surface area contributed by atoms with E-state index in [0.717, 1.165) is 0 Å². The van der Waals surface area contributed by atoms with Crippen LogP contribution in [0.1, 0.15) is 49.9 Å². The van der Waals surface area contributed by atoms with Crippen LogP contribution in [0, 0.1) is 0 Å². The van der Waals surface area contributed by atoms with Crippen molar-refractivity contribution < 1.29 is 0 Å². The molecule has 1 aliphatic heterocycles. The molecule has 6 aromatic carbocycles. The Morgan fingerprint density at radius 2 is 0.892 bits per heavy atom. The van der Waals surface area contributed by atoms with Gasteiger partial charge in [-0.1, -0.05) is 94.4 Å². The van der Waals surface area contributed by atoms with Crippen LogP contribution < -0.4 is 5.32 Å². The minimum atomic E-state index is -0.0799. The summed E-state index contributed by atoms with van der Waals surface area (Å²) >= 11 is 0. The van der Waals surface area contributed by atoms with Crippen LogP contribution in [0.25, 0.3) is 43.4 Å². The van der Waals surface area contributed by atoms with Crippen LogP contribution in [-0.2, 0) is 10.8 Å². The first-order chi connectivity index (χ1) is 17.9. The molecule has 0 atom stereocenters. The topological polar surface area (TPSA) is 12.0 Å². The van der Waals surface area contributed by atoms with Crippen LogP contribution >= 0.6 is 0 Å². The van der Waals surface area contributed by atoms with Crippen LogP contribution in [-0.4, -0.2) is 0 Å². The van der Waals surface area contributed by atoms with Gasteiger partial charge in [0, 0.05) is 22.2 Å². The highest BCUT2D eigenvalue weighted by Crippen LogP contribution is 2.55. The molecule has 178 valence electrons. The van der Waals surface area contributed by atoms with Gasteiger partial charge < -0.3 is 5.32 Å². The van der Waals surface area contributed by atoms with Gasteiger partial charge in [-0.05, 0) is 96.0 Å². The zero-order valence-electron chi connectivity index (χ0n) is 21.7. The summed E-state index contributed by atoms with van der Waals surface area (Å²) in [6.45, 7) is 9.50. The van der Waals surface area contributed by atoms with E-state index in [1.54, 1.807) is 0 Å². The number of hydrogen-bond donors (Lipinski definition) is 1. The van der Waals surface area contributed by atoms with Gasteiger partial charge in [0.2, 0.25) is 0 Å². The normalized spacial score (nSPS) is 16.2. The van der Waals surface area contributed by atoms with Crippen molar-refractivity contribution in [1.29, 1.82) is 0 Å². The maximum atomic E-state index is 3.77. The second-order valence-electron chi connectivity index (χ2n) is 11.9. The Morgan fingerprint density at radius 3 is 1.57 bits per heavy atom. The molecular formula is C36H29N. The molecule has 0 radical (unpaired) electrons. The van der Waals surface area contributed by atoms with Crippen LogP contribution in [0.3, 0.4) is 0 Å². The average molecular weight is 476 g/mol. The summed E-state index contributed by atoms with van der Waals surface area (Å²) < 4.78 is 0. The molecule has 1 heterocycles. The van der Waals surface area contributed by atoms with Gasteiger partial charge in [0.1, 0.15) is 0 Å². The summed E-state index contributed by atoms with van der Waals surface area (Å²) in [6, 6.07) is 36.4. The van der Waals surface area contributed by atoms with Gasteiger partial charge in [0.15, 0.2) is 0 Å². The number of benzene rings is 6. The van der Waals surface area contributed by atoms with E-state index in [2.05, 4.69) is 130 Å². The number of para-hydroxylation sites is 1. The van der Waals surface area contributed by atoms with Crippen molar-refractivity contribution >= 4 is 43.7 Å². The Hall–Kier alpha value is -4.10. The molecule has 0 spiro atoms. The van der Waals surface area contributed by atoms with E-state index in [0.29, 0.717) is 0 Å². The molecule has 0 fully saturated rings. The van der Waals surface area contributed by atoms with Crippen LogP contribution in [0.5, 0.6) is 0 Å². The van der Waals surface area contributed by atoms with E-state index in [-0.39, 0.29) is 10.8 Å². The van der Waals surface area contributed by atoms with Gasteiger partial charge in [-0.3, -0.25) is 0 Å². The minimum absolute atomic E-state index is 0.0706. The fourth-order valence-electron chi connectivity index (χ4n) is 7.22. The van der Waals surface area contributed by atoms with Gasteiger partial charge in [0.05, 0.1) is 0 Å². The van der Waals surface area contributed by atoms with E-state index >= 15 is 0 Å². The predicted molar refractivity (Wildman–Crippen MR) is 158 cm³/mol. The molecule has 37 heavy (non-hydrogen) atoms. The maximum Gasteiger partial charge on any atom is 0.0429 e. The van der Waals surface area contributed by atoms with Crippen molar-refractivity contribution in [2.45, 2.75) is 38.5 Å². The molecule has 6 aromatic rings. The Bertz CT molecular complexity index is 1950. The second kappa shape index (κ2) is 6.81. The largest absolute Gasteiger partial charge is 0.355 e. The standard InChI is InChI=1S/C36H29N/c1-35(2)29-15-9-10-16-33(29)37-34-20-31-28(19-32(34)35)27-17-25-23-13-7-5-11-21(23)22-12-6-8-14-24(22)26(25)18-30(27)36(31,3)4/h5-20,37H,1-4H3. The average Bonchev–Trinajstić information content (AvgIpc) is 3.13. The van der Waals surface area contributed by atoms with E-state index in [4.69, 9.17) is 0 Å². The van der Waals surface area contributed by atoms with Gasteiger partial charge in [0.25, 0.3) is 0 Å². The summed E-state index contributed by atoms with van der Waals surface area (Å²) in [7, 11) is 0. The molecule has 0 unspecified atom stereocenters. The monoisotopic (exact) mass is 475 g/mol. The number of hydrogen-bond acceptors (Lipinski definition) is 1. The van der Waals surface area contributed by atoms with Crippen LogP contribution in [0.2, 0.25) is 0 Å². The molecule has 1 aliphatic carbocycles. The lowest BCUT2D eigenvalue weighted by molar-refractivity contribution is 0.633. The Balaban J connectivity index is 1.47. The van der Waals surface area contributed by atoms with Crippen molar-refractivity contribution in [2.24, 2.45) is 0 Å². The molecule has 8 rings (SSSR count). The highest BCUT2D eigenvalue weighted by Gasteiger charge is 2.40. The predicted octanol–water partition coefficient (Wildman–Crippen LogP) is 9.84. The number of fused-ring (bicyclic) bond motifs is 11. The molecular weight excluding hydrogens is 446 g/mol. The molecule has 2 aliphatic rings. The minimum Gasteiger partial charge on any atom is -0.355 e. The first-order valence-corrected chi connectivity index (χ1v) is 13.3. The third kappa shape index (κ3) is 2.59. The summed E-state index contributed by atoms with van der Waals surface area (Å²) in [5.74, 6) is 0. The van der Waals surface area contributed by atoms with Crippen molar-refractivity contribution in [2.75, 3.05) is 5.32 Å². The summed E-state index contributed by atoms with van der Waals surface area (Å²) in [6.07, 6.45) is 0. The zero-order valence-corrected chi connectivity index (χ0v) is 21.7.